The zero-order chi connectivity index (χ0) is 24.9. The molecule has 180 valence electrons. The SMILES string of the molecule is CC(Oc1ccc2[nH]nc(/C=C/c3ccc(CNc4ccccc4)cc3)c2c1)c1c(Cl)cncc1Cl. The Morgan fingerprint density at radius 1 is 0.944 bits per heavy atom. The molecule has 5 nitrogen and oxygen atoms in total. The predicted octanol–water partition coefficient (Wildman–Crippen LogP) is 8.19. The molecule has 2 aromatic heterocycles. The first-order valence-electron chi connectivity index (χ1n) is 11.6. The van der Waals surface area contributed by atoms with Crippen molar-refractivity contribution in [3.8, 4) is 5.75 Å². The number of nitrogens with zero attached hydrogens (tertiary/aromatic N) is 2. The molecule has 1 unspecified atom stereocenters. The van der Waals surface area contributed by atoms with Gasteiger partial charge >= 0.3 is 0 Å². The Morgan fingerprint density at radius 2 is 1.69 bits per heavy atom. The molecular weight excluding hydrogens is 491 g/mol. The Bertz CT molecular complexity index is 1480. The Kier molecular flexibility index (Phi) is 7.21. The molecule has 0 aliphatic rings. The predicted molar refractivity (Wildman–Crippen MR) is 149 cm³/mol. The quantitative estimate of drug-likeness (QED) is 0.219. The zero-order valence-corrected chi connectivity index (χ0v) is 21.1. The van der Waals surface area contributed by atoms with E-state index in [1.807, 2.05) is 49.4 Å². The number of anilines is 1. The monoisotopic (exact) mass is 514 g/mol. The fraction of sp³-hybridized carbons (Fsp3) is 0.103. The molecule has 2 N–H and O–H groups in total. The Morgan fingerprint density at radius 3 is 2.44 bits per heavy atom. The molecule has 3 aromatic carbocycles. The molecule has 0 fully saturated rings. The molecule has 0 saturated heterocycles. The summed E-state index contributed by atoms with van der Waals surface area (Å²) in [5, 5.41) is 12.9. The van der Waals surface area contributed by atoms with E-state index in [4.69, 9.17) is 27.9 Å². The smallest absolute Gasteiger partial charge is 0.124 e. The van der Waals surface area contributed by atoms with Gasteiger partial charge in [0.25, 0.3) is 0 Å². The number of halogens is 2. The summed E-state index contributed by atoms with van der Waals surface area (Å²) in [4.78, 5) is 4.01. The van der Waals surface area contributed by atoms with Gasteiger partial charge in [0.2, 0.25) is 0 Å². The van der Waals surface area contributed by atoms with Gasteiger partial charge in [0.05, 0.1) is 21.3 Å². The average Bonchev–Trinajstić information content (AvgIpc) is 3.29. The van der Waals surface area contributed by atoms with Crippen molar-refractivity contribution in [2.75, 3.05) is 5.32 Å². The molecule has 0 spiro atoms. The summed E-state index contributed by atoms with van der Waals surface area (Å²) in [5.74, 6) is 0.699. The lowest BCUT2D eigenvalue weighted by atomic mass is 10.1. The lowest BCUT2D eigenvalue weighted by molar-refractivity contribution is 0.227. The van der Waals surface area contributed by atoms with E-state index in [2.05, 4.69) is 63.0 Å². The summed E-state index contributed by atoms with van der Waals surface area (Å²) in [6, 6.07) is 24.5. The number of rotatable bonds is 8. The second-order valence-corrected chi connectivity index (χ2v) is 9.20. The van der Waals surface area contributed by atoms with Crippen molar-refractivity contribution in [3.63, 3.8) is 0 Å². The van der Waals surface area contributed by atoms with Gasteiger partial charge in [0.15, 0.2) is 0 Å². The van der Waals surface area contributed by atoms with E-state index in [0.29, 0.717) is 21.4 Å². The van der Waals surface area contributed by atoms with Crippen molar-refractivity contribution in [1.29, 1.82) is 0 Å². The first-order valence-corrected chi connectivity index (χ1v) is 12.3. The second-order valence-electron chi connectivity index (χ2n) is 8.39. The molecular formula is C29H24Cl2N4O. The zero-order valence-electron chi connectivity index (χ0n) is 19.6. The van der Waals surface area contributed by atoms with E-state index in [1.54, 1.807) is 12.4 Å². The fourth-order valence-corrected chi connectivity index (χ4v) is 4.64. The third-order valence-electron chi connectivity index (χ3n) is 5.86. The highest BCUT2D eigenvalue weighted by atomic mass is 35.5. The third kappa shape index (κ3) is 5.54. The summed E-state index contributed by atoms with van der Waals surface area (Å²) < 4.78 is 6.16. The number of aromatic nitrogens is 3. The van der Waals surface area contributed by atoms with E-state index in [9.17, 15) is 0 Å². The Balaban J connectivity index is 1.28. The number of hydrogen-bond acceptors (Lipinski definition) is 4. The minimum absolute atomic E-state index is 0.341. The van der Waals surface area contributed by atoms with Crippen LogP contribution < -0.4 is 10.1 Å². The van der Waals surface area contributed by atoms with Gasteiger partial charge in [-0.15, -0.1) is 0 Å². The van der Waals surface area contributed by atoms with Gasteiger partial charge < -0.3 is 10.1 Å². The van der Waals surface area contributed by atoms with Crippen LogP contribution in [-0.2, 0) is 6.54 Å². The summed E-state index contributed by atoms with van der Waals surface area (Å²) in [7, 11) is 0. The van der Waals surface area contributed by atoms with Gasteiger partial charge in [-0.1, -0.05) is 71.7 Å². The molecule has 7 heteroatoms. The van der Waals surface area contributed by atoms with Crippen LogP contribution in [0.2, 0.25) is 10.0 Å². The molecule has 5 rings (SSSR count). The normalized spacial score (nSPS) is 12.2. The maximum atomic E-state index is 6.29. The van der Waals surface area contributed by atoms with Gasteiger partial charge in [-0.2, -0.15) is 5.10 Å². The Labute approximate surface area is 219 Å². The van der Waals surface area contributed by atoms with Crippen molar-refractivity contribution >= 4 is 51.9 Å². The van der Waals surface area contributed by atoms with Crippen LogP contribution in [0.25, 0.3) is 23.1 Å². The van der Waals surface area contributed by atoms with Crippen LogP contribution in [-0.4, -0.2) is 15.2 Å². The van der Waals surface area contributed by atoms with Crippen molar-refractivity contribution < 1.29 is 4.74 Å². The first kappa shape index (κ1) is 23.9. The van der Waals surface area contributed by atoms with Gasteiger partial charge in [0, 0.05) is 35.6 Å². The van der Waals surface area contributed by atoms with Crippen molar-refractivity contribution in [2.24, 2.45) is 0 Å². The highest BCUT2D eigenvalue weighted by Gasteiger charge is 2.16. The van der Waals surface area contributed by atoms with Gasteiger partial charge in [0.1, 0.15) is 11.9 Å². The average molecular weight is 515 g/mol. The number of aromatic amines is 1. The largest absolute Gasteiger partial charge is 0.486 e. The van der Waals surface area contributed by atoms with Crippen LogP contribution in [0.4, 0.5) is 5.69 Å². The van der Waals surface area contributed by atoms with Crippen molar-refractivity contribution in [2.45, 2.75) is 19.6 Å². The maximum absolute atomic E-state index is 6.29. The van der Waals surface area contributed by atoms with E-state index >= 15 is 0 Å². The highest BCUT2D eigenvalue weighted by molar-refractivity contribution is 6.35. The number of H-pyrrole nitrogens is 1. The first-order chi connectivity index (χ1) is 17.6. The molecule has 5 aromatic rings. The highest BCUT2D eigenvalue weighted by Crippen LogP contribution is 2.33. The molecule has 1 atom stereocenters. The van der Waals surface area contributed by atoms with Crippen LogP contribution in [0, 0.1) is 0 Å². The van der Waals surface area contributed by atoms with Gasteiger partial charge in [-0.05, 0) is 54.5 Å². The van der Waals surface area contributed by atoms with Crippen LogP contribution in [0.1, 0.15) is 35.4 Å². The summed E-state index contributed by atoms with van der Waals surface area (Å²) in [6.45, 7) is 2.68. The molecule has 0 radical (unpaired) electrons. The standard InChI is InChI=1S/C29H24Cl2N4O/c1-19(29-25(30)17-32-18-26(29)31)36-23-12-14-28-24(15-23)27(34-35-28)13-11-20-7-9-21(10-8-20)16-33-22-5-3-2-4-6-22/h2-15,17-19,33H,16H2,1H3,(H,34,35)/b13-11+. The fourth-order valence-electron chi connectivity index (χ4n) is 3.97. The number of benzene rings is 3. The minimum atomic E-state index is -0.341. The number of fused-ring (bicyclic) bond motifs is 1. The summed E-state index contributed by atoms with van der Waals surface area (Å²) in [6.07, 6.45) is 6.84. The molecule has 0 saturated carbocycles. The number of nitrogens with one attached hydrogen (secondary N) is 2. The van der Waals surface area contributed by atoms with E-state index in [1.165, 1.54) is 5.56 Å². The molecule has 0 amide bonds. The van der Waals surface area contributed by atoms with E-state index < -0.39 is 0 Å². The lowest BCUT2D eigenvalue weighted by Gasteiger charge is -2.17. The number of hydrogen-bond donors (Lipinski definition) is 2. The summed E-state index contributed by atoms with van der Waals surface area (Å²) in [5.41, 5.74) is 5.89. The number of pyridine rings is 1. The molecule has 0 aliphatic carbocycles. The van der Waals surface area contributed by atoms with Gasteiger partial charge in [-0.3, -0.25) is 10.1 Å². The van der Waals surface area contributed by atoms with Crippen LogP contribution >= 0.6 is 23.2 Å². The van der Waals surface area contributed by atoms with Crippen molar-refractivity contribution in [3.05, 3.63) is 118 Å². The second kappa shape index (κ2) is 10.9. The number of ether oxygens (including phenoxy) is 1. The molecule has 0 aliphatic heterocycles. The third-order valence-corrected chi connectivity index (χ3v) is 6.46. The Hall–Kier alpha value is -3.80. The molecule has 36 heavy (non-hydrogen) atoms. The molecule has 0 bridgehead atoms. The maximum Gasteiger partial charge on any atom is 0.124 e. The molecule has 2 heterocycles. The van der Waals surface area contributed by atoms with E-state index in [-0.39, 0.29) is 6.10 Å². The lowest BCUT2D eigenvalue weighted by Crippen LogP contribution is -2.05. The summed E-state index contributed by atoms with van der Waals surface area (Å²) >= 11 is 12.6. The van der Waals surface area contributed by atoms with E-state index in [0.717, 1.165) is 34.4 Å². The minimum Gasteiger partial charge on any atom is -0.486 e. The topological polar surface area (TPSA) is 62.8 Å². The van der Waals surface area contributed by atoms with Crippen LogP contribution in [0.5, 0.6) is 5.75 Å². The van der Waals surface area contributed by atoms with Crippen LogP contribution in [0.3, 0.4) is 0 Å². The van der Waals surface area contributed by atoms with Gasteiger partial charge in [-0.25, -0.2) is 0 Å². The van der Waals surface area contributed by atoms with Crippen LogP contribution in [0.15, 0.2) is 85.2 Å². The van der Waals surface area contributed by atoms with Crippen molar-refractivity contribution in [1.82, 2.24) is 15.2 Å². The number of para-hydroxylation sites is 1.